The molecule has 1 N–H and O–H groups in total. The van der Waals surface area contributed by atoms with Crippen molar-refractivity contribution in [3.63, 3.8) is 0 Å². The highest BCUT2D eigenvalue weighted by Crippen LogP contribution is 2.26. The maximum absolute atomic E-state index is 12.7. The van der Waals surface area contributed by atoms with Crippen molar-refractivity contribution in [2.24, 2.45) is 0 Å². The highest BCUT2D eigenvalue weighted by molar-refractivity contribution is 7.99. The van der Waals surface area contributed by atoms with Crippen LogP contribution in [0.15, 0.2) is 78.0 Å². The van der Waals surface area contributed by atoms with E-state index in [1.54, 1.807) is 31.4 Å². The van der Waals surface area contributed by atoms with Crippen molar-refractivity contribution in [2.75, 3.05) is 36.2 Å². The number of hydrogen-bond donors (Lipinski definition) is 1. The molecule has 0 spiro atoms. The summed E-state index contributed by atoms with van der Waals surface area (Å²) >= 11 is 7.28. The van der Waals surface area contributed by atoms with Gasteiger partial charge in [-0.2, -0.15) is 0 Å². The molecule has 38 heavy (non-hydrogen) atoms. The number of rotatable bonds is 12. The van der Waals surface area contributed by atoms with Crippen LogP contribution in [0.25, 0.3) is 5.69 Å². The number of halogens is 1. The zero-order valence-electron chi connectivity index (χ0n) is 21.6. The molecule has 0 bridgehead atoms. The molecule has 4 rings (SSSR count). The first-order chi connectivity index (χ1) is 18.5. The molecule has 10 heteroatoms. The summed E-state index contributed by atoms with van der Waals surface area (Å²) in [6.07, 6.45) is 0. The highest BCUT2D eigenvalue weighted by Gasteiger charge is 2.17. The van der Waals surface area contributed by atoms with E-state index in [1.807, 2.05) is 53.1 Å². The van der Waals surface area contributed by atoms with E-state index in [-0.39, 0.29) is 18.3 Å². The molecule has 0 aliphatic rings. The van der Waals surface area contributed by atoms with Crippen molar-refractivity contribution in [1.82, 2.24) is 14.8 Å². The van der Waals surface area contributed by atoms with Gasteiger partial charge in [-0.15, -0.1) is 10.2 Å². The lowest BCUT2D eigenvalue weighted by atomic mass is 10.2. The summed E-state index contributed by atoms with van der Waals surface area (Å²) in [7, 11) is 1.62. The summed E-state index contributed by atoms with van der Waals surface area (Å²) in [5.41, 5.74) is 2.71. The molecule has 1 heterocycles. The number of amides is 1. The van der Waals surface area contributed by atoms with Crippen LogP contribution in [0, 0.1) is 0 Å². The van der Waals surface area contributed by atoms with Gasteiger partial charge >= 0.3 is 0 Å². The van der Waals surface area contributed by atoms with Crippen LogP contribution in [0.5, 0.6) is 11.5 Å². The maximum Gasteiger partial charge on any atom is 0.234 e. The average molecular weight is 552 g/mol. The first kappa shape index (κ1) is 27.3. The largest absolute Gasteiger partial charge is 0.497 e. The van der Waals surface area contributed by atoms with Crippen molar-refractivity contribution < 1.29 is 14.3 Å². The number of carbonyl (C=O) groups is 1. The molecule has 0 radical (unpaired) electrons. The average Bonchev–Trinajstić information content (AvgIpc) is 3.36. The quantitative estimate of drug-likeness (QED) is 0.213. The van der Waals surface area contributed by atoms with E-state index in [4.69, 9.17) is 21.1 Å². The number of carbonyl (C=O) groups excluding carboxylic acids is 1. The summed E-state index contributed by atoms with van der Waals surface area (Å²) < 4.78 is 13.1. The van der Waals surface area contributed by atoms with Gasteiger partial charge in [-0.3, -0.25) is 9.36 Å². The number of ether oxygens (including phenoxy) is 2. The van der Waals surface area contributed by atoms with Crippen LogP contribution in [0.2, 0.25) is 5.02 Å². The lowest BCUT2D eigenvalue weighted by Crippen LogP contribution is -2.21. The van der Waals surface area contributed by atoms with E-state index in [0.717, 1.165) is 35.9 Å². The molecule has 0 aliphatic heterocycles. The summed E-state index contributed by atoms with van der Waals surface area (Å²) in [6, 6.07) is 22.5. The SMILES string of the molecule is CCN(CC)c1ccc(NC(=O)CSc2nnc(COc3ccc(Cl)cc3)n2-c2ccc(OC)cc2)cc1. The Bertz CT molecular complexity index is 1320. The number of nitrogens with one attached hydrogen (secondary N) is 1. The Hall–Kier alpha value is -3.69. The minimum atomic E-state index is -0.131. The standard InChI is InChI=1S/C28H30ClN5O3S/c1-4-33(5-2)22-10-8-21(9-11-22)30-27(35)19-38-28-32-31-26(18-37-25-14-6-20(29)7-15-25)34(28)23-12-16-24(36-3)17-13-23/h6-17H,4-5,18-19H2,1-3H3,(H,30,35). The predicted octanol–water partition coefficient (Wildman–Crippen LogP) is 6.09. The second kappa shape index (κ2) is 13.2. The molecule has 8 nitrogen and oxygen atoms in total. The monoisotopic (exact) mass is 551 g/mol. The van der Waals surface area contributed by atoms with Gasteiger partial charge in [0.2, 0.25) is 5.91 Å². The molecular formula is C28H30ClN5O3S. The molecule has 0 saturated heterocycles. The van der Waals surface area contributed by atoms with E-state index >= 15 is 0 Å². The zero-order chi connectivity index (χ0) is 26.9. The Morgan fingerprint density at radius 2 is 1.61 bits per heavy atom. The van der Waals surface area contributed by atoms with Crippen molar-refractivity contribution in [2.45, 2.75) is 25.6 Å². The van der Waals surface area contributed by atoms with Crippen LogP contribution in [-0.2, 0) is 11.4 Å². The smallest absolute Gasteiger partial charge is 0.234 e. The van der Waals surface area contributed by atoms with Crippen LogP contribution >= 0.6 is 23.4 Å². The van der Waals surface area contributed by atoms with Crippen molar-refractivity contribution >= 4 is 40.6 Å². The second-order valence-electron chi connectivity index (χ2n) is 8.23. The van der Waals surface area contributed by atoms with Crippen molar-refractivity contribution in [1.29, 1.82) is 0 Å². The summed E-state index contributed by atoms with van der Waals surface area (Å²) in [6.45, 7) is 6.29. The molecule has 3 aromatic carbocycles. The first-order valence-electron chi connectivity index (χ1n) is 12.3. The van der Waals surface area contributed by atoms with Gasteiger partial charge in [0.25, 0.3) is 0 Å². The van der Waals surface area contributed by atoms with Gasteiger partial charge in [0.15, 0.2) is 11.0 Å². The molecule has 198 valence electrons. The molecule has 0 unspecified atom stereocenters. The Balaban J connectivity index is 1.46. The van der Waals surface area contributed by atoms with Crippen molar-refractivity contribution in [3.8, 4) is 17.2 Å². The van der Waals surface area contributed by atoms with Crippen molar-refractivity contribution in [3.05, 3.63) is 83.6 Å². The molecule has 0 saturated carbocycles. The number of benzene rings is 3. The van der Waals surface area contributed by atoms with Crippen LogP contribution in [-0.4, -0.2) is 46.6 Å². The molecule has 0 atom stereocenters. The third kappa shape index (κ3) is 6.99. The third-order valence-corrected chi connectivity index (χ3v) is 7.01. The third-order valence-electron chi connectivity index (χ3n) is 5.82. The topological polar surface area (TPSA) is 81.5 Å². The summed E-state index contributed by atoms with van der Waals surface area (Å²) in [5, 5.41) is 12.9. The van der Waals surface area contributed by atoms with Gasteiger partial charge in [-0.05, 0) is 86.6 Å². The lowest BCUT2D eigenvalue weighted by Gasteiger charge is -2.21. The number of nitrogens with zero attached hydrogens (tertiary/aromatic N) is 4. The Kier molecular flexibility index (Phi) is 9.51. The van der Waals surface area contributed by atoms with Crippen LogP contribution in [0.1, 0.15) is 19.7 Å². The van der Waals surface area contributed by atoms with Gasteiger partial charge in [-0.25, -0.2) is 0 Å². The van der Waals surface area contributed by atoms with Gasteiger partial charge < -0.3 is 19.7 Å². The fourth-order valence-electron chi connectivity index (χ4n) is 3.83. The Labute approximate surface area is 231 Å². The normalized spacial score (nSPS) is 10.7. The van der Waals surface area contributed by atoms with Gasteiger partial charge in [0.1, 0.15) is 18.1 Å². The number of methoxy groups -OCH3 is 1. The minimum Gasteiger partial charge on any atom is -0.497 e. The van der Waals surface area contributed by atoms with E-state index in [0.29, 0.717) is 21.8 Å². The van der Waals surface area contributed by atoms with E-state index in [1.165, 1.54) is 11.8 Å². The van der Waals surface area contributed by atoms with E-state index in [9.17, 15) is 4.79 Å². The molecule has 1 aromatic heterocycles. The Morgan fingerprint density at radius 3 is 2.24 bits per heavy atom. The van der Waals surface area contributed by atoms with Gasteiger partial charge in [0.05, 0.1) is 12.9 Å². The Morgan fingerprint density at radius 1 is 0.947 bits per heavy atom. The molecule has 4 aromatic rings. The molecule has 0 fully saturated rings. The maximum atomic E-state index is 12.7. The van der Waals surface area contributed by atoms with E-state index in [2.05, 4.69) is 34.3 Å². The van der Waals surface area contributed by atoms with Gasteiger partial charge in [-0.1, -0.05) is 23.4 Å². The van der Waals surface area contributed by atoms with Crippen LogP contribution in [0.4, 0.5) is 11.4 Å². The van der Waals surface area contributed by atoms with Gasteiger partial charge in [0, 0.05) is 35.2 Å². The lowest BCUT2D eigenvalue weighted by molar-refractivity contribution is -0.113. The highest BCUT2D eigenvalue weighted by atomic mass is 35.5. The number of thioether (sulfide) groups is 1. The first-order valence-corrected chi connectivity index (χ1v) is 13.6. The number of aromatic nitrogens is 3. The summed E-state index contributed by atoms with van der Waals surface area (Å²) in [4.78, 5) is 15.0. The molecule has 0 aliphatic carbocycles. The van der Waals surface area contributed by atoms with E-state index < -0.39 is 0 Å². The zero-order valence-corrected chi connectivity index (χ0v) is 23.1. The number of anilines is 2. The minimum absolute atomic E-state index is 0.131. The fraction of sp³-hybridized carbons (Fsp3) is 0.250. The predicted molar refractivity (Wildman–Crippen MR) is 153 cm³/mol. The molecule has 1 amide bonds. The van der Waals surface area contributed by atoms with Crippen LogP contribution < -0.4 is 19.7 Å². The fourth-order valence-corrected chi connectivity index (χ4v) is 4.72. The second-order valence-corrected chi connectivity index (χ2v) is 9.61. The number of hydrogen-bond acceptors (Lipinski definition) is 7. The van der Waals surface area contributed by atoms with Crippen LogP contribution in [0.3, 0.4) is 0 Å². The molecular weight excluding hydrogens is 522 g/mol. The summed E-state index contributed by atoms with van der Waals surface area (Å²) in [5.74, 6) is 2.04.